The molecule has 1 aromatic carbocycles. The average molecular weight is 383 g/mol. The van der Waals surface area contributed by atoms with Crippen LogP contribution in [0.2, 0.25) is 0 Å². The molecule has 2 rings (SSSR count). The van der Waals surface area contributed by atoms with Gasteiger partial charge in [-0.15, -0.1) is 11.8 Å². The fraction of sp³-hybridized carbons (Fsp3) is 0.556. The Bertz CT molecular complexity index is 651. The van der Waals surface area contributed by atoms with E-state index in [1.165, 1.54) is 11.8 Å². The van der Waals surface area contributed by atoms with Crippen molar-refractivity contribution < 1.29 is 28.8 Å². The molecule has 0 aliphatic carbocycles. The molecule has 1 N–H and O–H groups in total. The van der Waals surface area contributed by atoms with Crippen LogP contribution in [0.25, 0.3) is 0 Å². The van der Waals surface area contributed by atoms with Gasteiger partial charge in [-0.1, -0.05) is 6.07 Å². The van der Waals surface area contributed by atoms with Crippen molar-refractivity contribution in [3.63, 3.8) is 0 Å². The van der Waals surface area contributed by atoms with E-state index >= 15 is 0 Å². The number of carbonyl (C=O) groups excluding carboxylic acids is 1. The third-order valence-electron chi connectivity index (χ3n) is 3.70. The van der Waals surface area contributed by atoms with Gasteiger partial charge in [0.05, 0.1) is 32.0 Å². The van der Waals surface area contributed by atoms with E-state index in [2.05, 4.69) is 4.99 Å². The number of methoxy groups -OCH3 is 1. The van der Waals surface area contributed by atoms with E-state index in [1.54, 1.807) is 39.2 Å². The molecule has 1 aromatic rings. The number of aromatic hydroxyl groups is 1. The maximum atomic E-state index is 12.1. The average Bonchev–Trinajstić information content (AvgIpc) is 3.03. The fourth-order valence-electron chi connectivity index (χ4n) is 2.29. The van der Waals surface area contributed by atoms with Gasteiger partial charge < -0.3 is 24.1 Å². The third kappa shape index (κ3) is 5.12. The Morgan fingerprint density at radius 3 is 2.81 bits per heavy atom. The maximum absolute atomic E-state index is 12.1. The number of aliphatic imine (C=N–C) groups is 1. The van der Waals surface area contributed by atoms with Crippen LogP contribution in [-0.2, 0) is 19.0 Å². The Balaban J connectivity index is 2.03. The van der Waals surface area contributed by atoms with Gasteiger partial charge in [0.1, 0.15) is 11.7 Å². The Hall–Kier alpha value is -1.77. The van der Waals surface area contributed by atoms with Crippen molar-refractivity contribution in [2.75, 3.05) is 45.9 Å². The molecular weight excluding hydrogens is 358 g/mol. The van der Waals surface area contributed by atoms with E-state index in [0.717, 1.165) is 0 Å². The lowest BCUT2D eigenvalue weighted by Gasteiger charge is -2.16. The third-order valence-corrected chi connectivity index (χ3v) is 4.99. The zero-order valence-electron chi connectivity index (χ0n) is 15.3. The summed E-state index contributed by atoms with van der Waals surface area (Å²) in [5.41, 5.74) is -0.394. The lowest BCUT2D eigenvalue weighted by molar-refractivity contribution is -0.147. The van der Waals surface area contributed by atoms with Crippen LogP contribution in [0.4, 0.5) is 0 Å². The molecular formula is C18H25NO6S. The summed E-state index contributed by atoms with van der Waals surface area (Å²) in [6, 6.07) is 5.21. The second-order valence-corrected chi connectivity index (χ2v) is 6.77. The quantitative estimate of drug-likeness (QED) is 0.490. The minimum atomic E-state index is -0.936. The van der Waals surface area contributed by atoms with Gasteiger partial charge in [-0.25, -0.2) is 4.79 Å². The first-order valence-electron chi connectivity index (χ1n) is 8.43. The van der Waals surface area contributed by atoms with Gasteiger partial charge in [-0.05, 0) is 26.0 Å². The highest BCUT2D eigenvalue weighted by Crippen LogP contribution is 2.38. The lowest BCUT2D eigenvalue weighted by Crippen LogP contribution is -2.35. The second-order valence-electron chi connectivity index (χ2n) is 5.81. The molecule has 1 aliphatic heterocycles. The summed E-state index contributed by atoms with van der Waals surface area (Å²) in [5.74, 6) is 0.469. The number of benzene rings is 1. The van der Waals surface area contributed by atoms with Gasteiger partial charge in [0, 0.05) is 12.9 Å². The molecule has 0 bridgehead atoms. The minimum absolute atomic E-state index is 0.00347. The van der Waals surface area contributed by atoms with Crippen LogP contribution in [0.15, 0.2) is 23.2 Å². The molecule has 1 heterocycles. The van der Waals surface area contributed by atoms with Gasteiger partial charge in [0.25, 0.3) is 0 Å². The summed E-state index contributed by atoms with van der Waals surface area (Å²) in [7, 11) is 1.61. The first-order valence-corrected chi connectivity index (χ1v) is 9.42. The summed E-state index contributed by atoms with van der Waals surface area (Å²) in [5, 5.41) is 11.1. The Labute approximate surface area is 157 Å². The Kier molecular flexibility index (Phi) is 7.74. The zero-order chi connectivity index (χ0) is 19.0. The van der Waals surface area contributed by atoms with Crippen molar-refractivity contribution >= 4 is 22.8 Å². The van der Waals surface area contributed by atoms with Crippen LogP contribution < -0.4 is 4.74 Å². The monoisotopic (exact) mass is 383 g/mol. The van der Waals surface area contributed by atoms with E-state index in [4.69, 9.17) is 18.9 Å². The molecule has 1 atom stereocenters. The minimum Gasteiger partial charge on any atom is -0.504 e. The maximum Gasteiger partial charge on any atom is 0.334 e. The Morgan fingerprint density at radius 1 is 1.31 bits per heavy atom. The molecule has 0 spiro atoms. The number of thioether (sulfide) groups is 1. The van der Waals surface area contributed by atoms with Crippen molar-refractivity contribution in [1.29, 1.82) is 0 Å². The number of carbonyl (C=O) groups is 1. The summed E-state index contributed by atoms with van der Waals surface area (Å²) < 4.78 is 20.9. The number of esters is 1. The van der Waals surface area contributed by atoms with Crippen molar-refractivity contribution in [2.45, 2.75) is 19.4 Å². The Morgan fingerprint density at radius 2 is 2.08 bits per heavy atom. The van der Waals surface area contributed by atoms with Crippen molar-refractivity contribution in [2.24, 2.45) is 4.99 Å². The molecule has 0 saturated heterocycles. The molecule has 0 amide bonds. The highest BCUT2D eigenvalue weighted by molar-refractivity contribution is 8.14. The second kappa shape index (κ2) is 9.80. The molecule has 7 nitrogen and oxygen atoms in total. The number of phenols is 1. The summed E-state index contributed by atoms with van der Waals surface area (Å²) >= 11 is 1.41. The smallest absolute Gasteiger partial charge is 0.334 e. The zero-order valence-corrected chi connectivity index (χ0v) is 16.1. The molecule has 0 radical (unpaired) electrons. The molecule has 0 aromatic heterocycles. The molecule has 144 valence electrons. The first kappa shape index (κ1) is 20.5. The number of phenolic OH excluding ortho intramolecular Hbond substituents is 1. The first-order chi connectivity index (χ1) is 12.5. The normalized spacial score (nSPS) is 19.3. The van der Waals surface area contributed by atoms with Gasteiger partial charge in [-0.3, -0.25) is 4.99 Å². The highest BCUT2D eigenvalue weighted by atomic mass is 32.2. The SMILES string of the molecule is CCOC(=O)[C@@]1(C)CSC(c2cccc(OCCOCCOC)c2O)=N1. The molecule has 0 fully saturated rings. The number of para-hydroxylation sites is 1. The van der Waals surface area contributed by atoms with Crippen molar-refractivity contribution in [3.8, 4) is 11.5 Å². The van der Waals surface area contributed by atoms with Crippen molar-refractivity contribution in [1.82, 2.24) is 0 Å². The van der Waals surface area contributed by atoms with Gasteiger partial charge in [0.15, 0.2) is 17.0 Å². The van der Waals surface area contributed by atoms with Crippen LogP contribution >= 0.6 is 11.8 Å². The van der Waals surface area contributed by atoms with Crippen LogP contribution in [0, 0.1) is 0 Å². The number of hydrogen-bond donors (Lipinski definition) is 1. The fourth-order valence-corrected chi connectivity index (χ4v) is 3.48. The number of rotatable bonds is 10. The number of ether oxygens (including phenoxy) is 4. The number of nitrogens with zero attached hydrogens (tertiary/aromatic N) is 1. The van der Waals surface area contributed by atoms with Gasteiger partial charge in [-0.2, -0.15) is 0 Å². The lowest BCUT2D eigenvalue weighted by atomic mass is 10.1. The standard InChI is InChI=1S/C18H25NO6S/c1-4-24-17(21)18(2)12-26-16(19-18)13-6-5-7-14(15(13)20)25-11-10-23-9-8-22-3/h5-7,20H,4,8-12H2,1-3H3/t18-/m1/s1. The predicted octanol–water partition coefficient (Wildman–Crippen LogP) is 2.25. The van der Waals surface area contributed by atoms with E-state index < -0.39 is 5.54 Å². The summed E-state index contributed by atoms with van der Waals surface area (Å²) in [6.07, 6.45) is 0. The van der Waals surface area contributed by atoms with Crippen LogP contribution in [-0.4, -0.2) is 67.6 Å². The van der Waals surface area contributed by atoms with Crippen molar-refractivity contribution in [3.05, 3.63) is 23.8 Å². The molecule has 0 unspecified atom stereocenters. The topological polar surface area (TPSA) is 86.6 Å². The summed E-state index contributed by atoms with van der Waals surface area (Å²) in [6.45, 7) is 5.53. The van der Waals surface area contributed by atoms with Gasteiger partial charge >= 0.3 is 5.97 Å². The van der Waals surface area contributed by atoms with Crippen LogP contribution in [0.3, 0.4) is 0 Å². The predicted molar refractivity (Wildman–Crippen MR) is 100 cm³/mol. The molecule has 1 aliphatic rings. The van der Waals surface area contributed by atoms with E-state index in [1.807, 2.05) is 0 Å². The molecule has 0 saturated carbocycles. The van der Waals surface area contributed by atoms with Crippen LogP contribution in [0.1, 0.15) is 19.4 Å². The molecule has 26 heavy (non-hydrogen) atoms. The van der Waals surface area contributed by atoms with E-state index in [9.17, 15) is 9.90 Å². The van der Waals surface area contributed by atoms with E-state index in [-0.39, 0.29) is 11.7 Å². The number of hydrogen-bond acceptors (Lipinski definition) is 8. The molecule has 8 heteroatoms. The largest absolute Gasteiger partial charge is 0.504 e. The van der Waals surface area contributed by atoms with E-state index in [0.29, 0.717) is 55.1 Å². The van der Waals surface area contributed by atoms with Gasteiger partial charge in [0.2, 0.25) is 0 Å². The summed E-state index contributed by atoms with van der Waals surface area (Å²) in [4.78, 5) is 16.6. The van der Waals surface area contributed by atoms with Crippen LogP contribution in [0.5, 0.6) is 11.5 Å². The highest BCUT2D eigenvalue weighted by Gasteiger charge is 2.40.